The highest BCUT2D eigenvalue weighted by Crippen LogP contribution is 2.18. The van der Waals surface area contributed by atoms with Crippen molar-refractivity contribution < 1.29 is 9.59 Å². The van der Waals surface area contributed by atoms with Gasteiger partial charge in [-0.1, -0.05) is 6.92 Å². The van der Waals surface area contributed by atoms with Crippen LogP contribution in [0, 0.1) is 0 Å². The van der Waals surface area contributed by atoms with Crippen molar-refractivity contribution in [1.82, 2.24) is 9.78 Å². The molecule has 5 heteroatoms. The zero-order valence-corrected chi connectivity index (χ0v) is 8.64. The molecule has 0 atom stereocenters. The largest absolute Gasteiger partial charge is 0.302 e. The number of rotatable bonds is 3. The average molecular weight is 207 g/mol. The standard InChI is InChI=1S/C10H13N3O2/c1-2-3-12-6-8(5-11-12)13-7-9(14)4-10(13)15/h5-6H,2-4,7H2,1H3. The fraction of sp³-hybridized carbons (Fsp3) is 0.500. The van der Waals surface area contributed by atoms with Crippen molar-refractivity contribution in [3.05, 3.63) is 12.4 Å². The highest BCUT2D eigenvalue weighted by molar-refractivity contribution is 6.14. The van der Waals surface area contributed by atoms with E-state index in [9.17, 15) is 9.59 Å². The molecule has 0 aromatic carbocycles. The summed E-state index contributed by atoms with van der Waals surface area (Å²) in [5.41, 5.74) is 0.722. The number of Topliss-reactive ketones (excluding diaryl/α,β-unsaturated/α-hetero) is 1. The van der Waals surface area contributed by atoms with Crippen LogP contribution in [-0.4, -0.2) is 28.0 Å². The molecule has 0 saturated carbocycles. The molecule has 0 aliphatic carbocycles. The van der Waals surface area contributed by atoms with E-state index in [0.29, 0.717) is 0 Å². The SMILES string of the molecule is CCCn1cc(N2CC(=O)CC2=O)cn1. The molecule has 2 heterocycles. The molecule has 1 amide bonds. The predicted molar refractivity (Wildman–Crippen MR) is 54.5 cm³/mol. The number of aryl methyl sites for hydroxylation is 1. The first-order chi connectivity index (χ1) is 7.20. The molecule has 80 valence electrons. The first kappa shape index (κ1) is 9.89. The molecule has 0 bridgehead atoms. The maximum Gasteiger partial charge on any atom is 0.235 e. The van der Waals surface area contributed by atoms with E-state index in [0.717, 1.165) is 18.7 Å². The molecule has 2 rings (SSSR count). The summed E-state index contributed by atoms with van der Waals surface area (Å²) < 4.78 is 1.78. The van der Waals surface area contributed by atoms with Gasteiger partial charge in [0.15, 0.2) is 5.78 Å². The minimum Gasteiger partial charge on any atom is -0.302 e. The third kappa shape index (κ3) is 1.91. The first-order valence-corrected chi connectivity index (χ1v) is 5.05. The topological polar surface area (TPSA) is 55.2 Å². The van der Waals surface area contributed by atoms with Crippen LogP contribution in [0.2, 0.25) is 0 Å². The Labute approximate surface area is 87.7 Å². The highest BCUT2D eigenvalue weighted by atomic mass is 16.2. The van der Waals surface area contributed by atoms with Crippen LogP contribution >= 0.6 is 0 Å². The Morgan fingerprint density at radius 3 is 2.87 bits per heavy atom. The predicted octanol–water partition coefficient (Wildman–Crippen LogP) is 0.599. The van der Waals surface area contributed by atoms with Crippen molar-refractivity contribution in [2.45, 2.75) is 26.3 Å². The lowest BCUT2D eigenvalue weighted by atomic mass is 10.3. The minimum atomic E-state index is -0.129. The summed E-state index contributed by atoms with van der Waals surface area (Å²) in [7, 11) is 0. The number of nitrogens with zero attached hydrogens (tertiary/aromatic N) is 3. The van der Waals surface area contributed by atoms with Crippen LogP contribution in [0.25, 0.3) is 0 Å². The van der Waals surface area contributed by atoms with Crippen LogP contribution in [0.15, 0.2) is 12.4 Å². The number of aromatic nitrogens is 2. The summed E-state index contributed by atoms with van der Waals surface area (Å²) in [5, 5.41) is 4.12. The van der Waals surface area contributed by atoms with Crippen LogP contribution in [-0.2, 0) is 16.1 Å². The molecular weight excluding hydrogens is 194 g/mol. The third-order valence-corrected chi connectivity index (χ3v) is 2.37. The lowest BCUT2D eigenvalue weighted by Gasteiger charge is -2.10. The van der Waals surface area contributed by atoms with E-state index in [4.69, 9.17) is 0 Å². The Kier molecular flexibility index (Phi) is 2.53. The summed E-state index contributed by atoms with van der Waals surface area (Å²) in [4.78, 5) is 24.0. The van der Waals surface area contributed by atoms with Gasteiger partial charge in [0.1, 0.15) is 0 Å². The van der Waals surface area contributed by atoms with E-state index in [-0.39, 0.29) is 24.7 Å². The van der Waals surface area contributed by atoms with E-state index in [2.05, 4.69) is 12.0 Å². The summed E-state index contributed by atoms with van der Waals surface area (Å²) in [6.45, 7) is 3.08. The lowest BCUT2D eigenvalue weighted by Crippen LogP contribution is -2.23. The van der Waals surface area contributed by atoms with Crippen molar-refractivity contribution in [2.75, 3.05) is 11.4 Å². The van der Waals surface area contributed by atoms with Gasteiger partial charge in [-0.15, -0.1) is 0 Å². The van der Waals surface area contributed by atoms with E-state index in [1.54, 1.807) is 17.1 Å². The van der Waals surface area contributed by atoms with Gasteiger partial charge >= 0.3 is 0 Å². The van der Waals surface area contributed by atoms with E-state index in [1.165, 1.54) is 4.90 Å². The second-order valence-corrected chi connectivity index (χ2v) is 3.66. The number of anilines is 1. The number of hydrogen-bond donors (Lipinski definition) is 0. The van der Waals surface area contributed by atoms with E-state index >= 15 is 0 Å². The Hall–Kier alpha value is -1.65. The zero-order valence-electron chi connectivity index (χ0n) is 8.64. The molecule has 5 nitrogen and oxygen atoms in total. The van der Waals surface area contributed by atoms with Gasteiger partial charge in [-0.25, -0.2) is 0 Å². The second-order valence-electron chi connectivity index (χ2n) is 3.66. The van der Waals surface area contributed by atoms with Crippen molar-refractivity contribution in [1.29, 1.82) is 0 Å². The van der Waals surface area contributed by atoms with Crippen LogP contribution in [0.1, 0.15) is 19.8 Å². The summed E-state index contributed by atoms with van der Waals surface area (Å²) in [6, 6.07) is 0. The Morgan fingerprint density at radius 1 is 1.47 bits per heavy atom. The molecule has 1 aliphatic heterocycles. The normalized spacial score (nSPS) is 16.5. The number of hydrogen-bond acceptors (Lipinski definition) is 3. The van der Waals surface area contributed by atoms with Gasteiger partial charge in [0, 0.05) is 12.7 Å². The smallest absolute Gasteiger partial charge is 0.235 e. The molecule has 0 unspecified atom stereocenters. The Bertz CT molecular complexity index is 397. The summed E-state index contributed by atoms with van der Waals surface area (Å²) in [5.74, 6) is -0.153. The van der Waals surface area contributed by atoms with Crippen LogP contribution in [0.4, 0.5) is 5.69 Å². The fourth-order valence-corrected chi connectivity index (χ4v) is 1.66. The van der Waals surface area contributed by atoms with Gasteiger partial charge in [-0.3, -0.25) is 14.3 Å². The fourth-order valence-electron chi connectivity index (χ4n) is 1.66. The van der Waals surface area contributed by atoms with Gasteiger partial charge in [-0.2, -0.15) is 5.10 Å². The zero-order chi connectivity index (χ0) is 10.8. The van der Waals surface area contributed by atoms with Gasteiger partial charge in [0.05, 0.1) is 24.8 Å². The van der Waals surface area contributed by atoms with Crippen LogP contribution in [0.5, 0.6) is 0 Å². The summed E-state index contributed by atoms with van der Waals surface area (Å²) in [6.07, 6.45) is 4.46. The molecule has 1 aromatic heterocycles. The number of amides is 1. The molecule has 0 radical (unpaired) electrons. The van der Waals surface area contributed by atoms with E-state index < -0.39 is 0 Å². The Morgan fingerprint density at radius 2 is 2.27 bits per heavy atom. The van der Waals surface area contributed by atoms with Crippen LogP contribution in [0.3, 0.4) is 0 Å². The molecular formula is C10H13N3O2. The quantitative estimate of drug-likeness (QED) is 0.682. The Balaban J connectivity index is 2.15. The van der Waals surface area contributed by atoms with Crippen molar-refractivity contribution >= 4 is 17.4 Å². The maximum absolute atomic E-state index is 11.4. The van der Waals surface area contributed by atoms with Crippen LogP contribution < -0.4 is 4.90 Å². The molecule has 0 N–H and O–H groups in total. The van der Waals surface area contributed by atoms with E-state index in [1.807, 2.05) is 0 Å². The lowest BCUT2D eigenvalue weighted by molar-refractivity contribution is -0.121. The molecule has 0 spiro atoms. The third-order valence-electron chi connectivity index (χ3n) is 2.37. The molecule has 1 saturated heterocycles. The van der Waals surface area contributed by atoms with Crippen molar-refractivity contribution in [3.8, 4) is 0 Å². The average Bonchev–Trinajstić information content (AvgIpc) is 2.73. The second kappa shape index (κ2) is 3.84. The molecule has 1 fully saturated rings. The molecule has 15 heavy (non-hydrogen) atoms. The number of carbonyl (C=O) groups is 2. The molecule has 1 aromatic rings. The number of carbonyl (C=O) groups excluding carboxylic acids is 2. The van der Waals surface area contributed by atoms with Gasteiger partial charge in [0.25, 0.3) is 0 Å². The molecule has 1 aliphatic rings. The number of ketones is 1. The highest BCUT2D eigenvalue weighted by Gasteiger charge is 2.29. The van der Waals surface area contributed by atoms with Gasteiger partial charge in [-0.05, 0) is 6.42 Å². The van der Waals surface area contributed by atoms with Crippen molar-refractivity contribution in [2.24, 2.45) is 0 Å². The maximum atomic E-state index is 11.4. The van der Waals surface area contributed by atoms with Crippen molar-refractivity contribution in [3.63, 3.8) is 0 Å². The monoisotopic (exact) mass is 207 g/mol. The summed E-state index contributed by atoms with van der Waals surface area (Å²) >= 11 is 0. The minimum absolute atomic E-state index is 0.0248. The van der Waals surface area contributed by atoms with Gasteiger partial charge < -0.3 is 4.90 Å². The first-order valence-electron chi connectivity index (χ1n) is 5.05. The van der Waals surface area contributed by atoms with Gasteiger partial charge in [0.2, 0.25) is 5.91 Å².